The number of nitrogens with zero attached hydrogens (tertiary/aromatic N) is 2. The molecule has 2 nitrogen and oxygen atoms in total. The Kier molecular flexibility index (Phi) is 2.30. The Morgan fingerprint density at radius 3 is 2.65 bits per heavy atom. The molecule has 1 aromatic heterocycles. The number of hydrogen-bond acceptors (Lipinski definition) is 1. The second-order valence-electron chi connectivity index (χ2n) is 5.62. The predicted molar refractivity (Wildman–Crippen MR) is 72.3 cm³/mol. The van der Waals surface area contributed by atoms with Crippen LogP contribution in [0, 0.1) is 6.92 Å². The van der Waals surface area contributed by atoms with E-state index in [4.69, 9.17) is 0 Å². The van der Waals surface area contributed by atoms with Crippen molar-refractivity contribution >= 4 is 10.9 Å². The highest BCUT2D eigenvalue weighted by Crippen LogP contribution is 2.42. The lowest BCUT2D eigenvalue weighted by Gasteiger charge is -2.24. The monoisotopic (exact) mass is 228 g/mol. The first-order chi connectivity index (χ1) is 8.11. The summed E-state index contributed by atoms with van der Waals surface area (Å²) in [6.45, 7) is 3.27. The molecule has 0 bridgehead atoms. The van der Waals surface area contributed by atoms with Crippen molar-refractivity contribution in [2.75, 3.05) is 14.1 Å². The van der Waals surface area contributed by atoms with Gasteiger partial charge in [-0.1, -0.05) is 11.6 Å². The molecule has 17 heavy (non-hydrogen) atoms. The van der Waals surface area contributed by atoms with Gasteiger partial charge in [-0.15, -0.1) is 0 Å². The average Bonchev–Trinajstić information content (AvgIpc) is 2.96. The molecular formula is C15H20N2. The zero-order valence-corrected chi connectivity index (χ0v) is 10.9. The Balaban J connectivity index is 1.96. The van der Waals surface area contributed by atoms with E-state index in [1.165, 1.54) is 29.3 Å². The molecule has 90 valence electrons. The average molecular weight is 228 g/mol. The fraction of sp³-hybridized carbons (Fsp3) is 0.467. The quantitative estimate of drug-likeness (QED) is 0.784. The van der Waals surface area contributed by atoms with Gasteiger partial charge in [0.1, 0.15) is 0 Å². The number of fused-ring (bicyclic) bond motifs is 1. The predicted octanol–water partition coefficient (Wildman–Crippen LogP) is 3.04. The molecule has 0 radical (unpaired) electrons. The number of rotatable bonds is 3. The molecule has 0 unspecified atom stereocenters. The first kappa shape index (κ1) is 10.8. The number of aromatic nitrogens is 1. The third kappa shape index (κ3) is 1.77. The number of likely N-dealkylation sites (N-methyl/N-ethyl adjacent to an activating group) is 1. The second-order valence-corrected chi connectivity index (χ2v) is 5.62. The highest BCUT2D eigenvalue weighted by molar-refractivity contribution is 5.80. The lowest BCUT2D eigenvalue weighted by Crippen LogP contribution is -2.34. The molecule has 0 amide bonds. The van der Waals surface area contributed by atoms with Crippen molar-refractivity contribution in [3.05, 3.63) is 36.0 Å². The summed E-state index contributed by atoms with van der Waals surface area (Å²) in [5, 5.41) is 1.36. The number of benzene rings is 1. The summed E-state index contributed by atoms with van der Waals surface area (Å²) in [7, 11) is 4.39. The van der Waals surface area contributed by atoms with Gasteiger partial charge in [-0.25, -0.2) is 0 Å². The Hall–Kier alpha value is -1.28. The van der Waals surface area contributed by atoms with E-state index in [9.17, 15) is 0 Å². The van der Waals surface area contributed by atoms with E-state index < -0.39 is 0 Å². The van der Waals surface area contributed by atoms with Crippen molar-refractivity contribution < 1.29 is 0 Å². The molecule has 0 saturated heterocycles. The molecule has 0 atom stereocenters. The fourth-order valence-corrected chi connectivity index (χ4v) is 2.67. The van der Waals surface area contributed by atoms with Gasteiger partial charge in [0.05, 0.1) is 0 Å². The van der Waals surface area contributed by atoms with E-state index in [1.54, 1.807) is 0 Å². The van der Waals surface area contributed by atoms with Crippen LogP contribution >= 0.6 is 0 Å². The van der Waals surface area contributed by atoms with Gasteiger partial charge in [-0.05, 0) is 57.4 Å². The standard InChI is InChI=1S/C15H20N2/c1-12-4-5-14-13(10-12)6-9-17(14)11-15(7-8-15)16(2)3/h4-6,9-10H,7-8,11H2,1-3H3. The molecule has 1 fully saturated rings. The third-order valence-electron chi connectivity index (χ3n) is 4.17. The summed E-state index contributed by atoms with van der Waals surface area (Å²) in [6.07, 6.45) is 4.88. The minimum atomic E-state index is 0.414. The van der Waals surface area contributed by atoms with Crippen LogP contribution in [-0.4, -0.2) is 29.1 Å². The Labute approximate surface area is 103 Å². The molecule has 0 spiro atoms. The van der Waals surface area contributed by atoms with Crippen molar-refractivity contribution in [3.63, 3.8) is 0 Å². The smallest absolute Gasteiger partial charge is 0.0481 e. The van der Waals surface area contributed by atoms with Gasteiger partial charge in [0.25, 0.3) is 0 Å². The summed E-state index contributed by atoms with van der Waals surface area (Å²) < 4.78 is 2.40. The Bertz CT molecular complexity index is 547. The van der Waals surface area contributed by atoms with E-state index in [0.29, 0.717) is 5.54 Å². The van der Waals surface area contributed by atoms with E-state index in [-0.39, 0.29) is 0 Å². The number of aryl methyl sites for hydroxylation is 1. The molecular weight excluding hydrogens is 208 g/mol. The van der Waals surface area contributed by atoms with Crippen molar-refractivity contribution in [2.24, 2.45) is 0 Å². The van der Waals surface area contributed by atoms with Crippen LogP contribution in [-0.2, 0) is 6.54 Å². The molecule has 1 aliphatic rings. The minimum Gasteiger partial charge on any atom is -0.346 e. The third-order valence-corrected chi connectivity index (χ3v) is 4.17. The van der Waals surface area contributed by atoms with Crippen LogP contribution in [0.1, 0.15) is 18.4 Å². The molecule has 1 heterocycles. The van der Waals surface area contributed by atoms with Gasteiger partial charge in [0.2, 0.25) is 0 Å². The maximum Gasteiger partial charge on any atom is 0.0481 e. The lowest BCUT2D eigenvalue weighted by molar-refractivity contribution is 0.244. The molecule has 2 heteroatoms. The van der Waals surface area contributed by atoms with Crippen LogP contribution in [0.2, 0.25) is 0 Å². The van der Waals surface area contributed by atoms with Crippen LogP contribution < -0.4 is 0 Å². The van der Waals surface area contributed by atoms with E-state index in [1.807, 2.05) is 0 Å². The molecule has 2 aromatic rings. The lowest BCUT2D eigenvalue weighted by atomic mass is 10.2. The first-order valence-electron chi connectivity index (χ1n) is 6.34. The van der Waals surface area contributed by atoms with Gasteiger partial charge >= 0.3 is 0 Å². The molecule has 1 saturated carbocycles. The van der Waals surface area contributed by atoms with Crippen molar-refractivity contribution in [3.8, 4) is 0 Å². The fourth-order valence-electron chi connectivity index (χ4n) is 2.67. The Morgan fingerprint density at radius 1 is 1.24 bits per heavy atom. The van der Waals surface area contributed by atoms with Crippen molar-refractivity contribution in [1.29, 1.82) is 0 Å². The maximum atomic E-state index is 2.40. The zero-order chi connectivity index (χ0) is 12.0. The second kappa shape index (κ2) is 3.61. The highest BCUT2D eigenvalue weighted by atomic mass is 15.2. The highest BCUT2D eigenvalue weighted by Gasteiger charge is 2.44. The molecule has 3 rings (SSSR count). The van der Waals surface area contributed by atoms with Gasteiger partial charge in [0, 0.05) is 23.8 Å². The zero-order valence-electron chi connectivity index (χ0n) is 10.9. The van der Waals surface area contributed by atoms with Gasteiger partial charge < -0.3 is 9.47 Å². The minimum absolute atomic E-state index is 0.414. The normalized spacial score (nSPS) is 17.9. The molecule has 1 aromatic carbocycles. The summed E-state index contributed by atoms with van der Waals surface area (Å²) >= 11 is 0. The van der Waals surface area contributed by atoms with Gasteiger partial charge in [0.15, 0.2) is 0 Å². The van der Waals surface area contributed by atoms with Crippen LogP contribution in [0.15, 0.2) is 30.5 Å². The summed E-state index contributed by atoms with van der Waals surface area (Å²) in [5.41, 5.74) is 3.12. The van der Waals surface area contributed by atoms with E-state index in [0.717, 1.165) is 6.54 Å². The summed E-state index contributed by atoms with van der Waals surface area (Å²) in [4.78, 5) is 2.38. The van der Waals surface area contributed by atoms with E-state index in [2.05, 4.69) is 60.9 Å². The molecule has 0 aliphatic heterocycles. The van der Waals surface area contributed by atoms with Crippen LogP contribution in [0.25, 0.3) is 10.9 Å². The SMILES string of the molecule is Cc1ccc2c(ccn2CC2(N(C)C)CC2)c1. The van der Waals surface area contributed by atoms with Crippen LogP contribution in [0.5, 0.6) is 0 Å². The molecule has 0 N–H and O–H groups in total. The number of hydrogen-bond donors (Lipinski definition) is 0. The first-order valence-corrected chi connectivity index (χ1v) is 6.34. The molecule has 1 aliphatic carbocycles. The van der Waals surface area contributed by atoms with E-state index >= 15 is 0 Å². The Morgan fingerprint density at radius 2 is 2.00 bits per heavy atom. The van der Waals surface area contributed by atoms with Crippen molar-refractivity contribution in [1.82, 2.24) is 9.47 Å². The van der Waals surface area contributed by atoms with Gasteiger partial charge in [-0.3, -0.25) is 0 Å². The van der Waals surface area contributed by atoms with Crippen LogP contribution in [0.4, 0.5) is 0 Å². The summed E-state index contributed by atoms with van der Waals surface area (Å²) in [5.74, 6) is 0. The van der Waals surface area contributed by atoms with Gasteiger partial charge in [-0.2, -0.15) is 0 Å². The van der Waals surface area contributed by atoms with Crippen LogP contribution in [0.3, 0.4) is 0 Å². The maximum absolute atomic E-state index is 2.40. The van der Waals surface area contributed by atoms with Crippen molar-refractivity contribution in [2.45, 2.75) is 31.8 Å². The largest absolute Gasteiger partial charge is 0.346 e. The topological polar surface area (TPSA) is 8.17 Å². The summed E-state index contributed by atoms with van der Waals surface area (Å²) in [6, 6.07) is 8.94.